The molecule has 2 fully saturated rings. The minimum atomic E-state index is -1.44. The van der Waals surface area contributed by atoms with Crippen LogP contribution in [0.1, 0.15) is 13.8 Å². The zero-order valence-electron chi connectivity index (χ0n) is 9.34. The lowest BCUT2D eigenvalue weighted by Gasteiger charge is -2.38. The molecular weight excluding hydrogens is 216 g/mol. The van der Waals surface area contributed by atoms with Crippen LogP contribution in [0.25, 0.3) is 0 Å². The van der Waals surface area contributed by atoms with E-state index in [9.17, 15) is 9.90 Å². The molecule has 0 aromatic heterocycles. The third-order valence-electron chi connectivity index (χ3n) is 2.76. The third kappa shape index (κ3) is 1.93. The highest BCUT2D eigenvalue weighted by atomic mass is 16.8. The molecule has 16 heavy (non-hydrogen) atoms. The molecule has 0 aromatic rings. The third-order valence-corrected chi connectivity index (χ3v) is 2.76. The van der Waals surface area contributed by atoms with E-state index in [2.05, 4.69) is 0 Å². The smallest absolute Gasteiger partial charge is 0.366 e. The maximum atomic E-state index is 11.6. The fourth-order valence-corrected chi connectivity index (χ4v) is 1.86. The molecule has 4 atom stereocenters. The van der Waals surface area contributed by atoms with Crippen molar-refractivity contribution in [2.24, 2.45) is 0 Å². The Morgan fingerprint density at radius 2 is 2.31 bits per heavy atom. The van der Waals surface area contributed by atoms with Crippen molar-refractivity contribution in [3.8, 4) is 0 Å². The highest BCUT2D eigenvalue weighted by molar-refractivity contribution is 5.77. The lowest BCUT2D eigenvalue weighted by molar-refractivity contribution is -0.303. The average molecular weight is 232 g/mol. The van der Waals surface area contributed by atoms with Gasteiger partial charge in [-0.05, 0) is 6.92 Å². The predicted molar refractivity (Wildman–Crippen MR) is 51.6 cm³/mol. The molecule has 0 radical (unpaired) electrons. The summed E-state index contributed by atoms with van der Waals surface area (Å²) in [7, 11) is 0. The molecule has 0 saturated carbocycles. The largest absolute Gasteiger partial charge is 0.462 e. The second-order valence-electron chi connectivity index (χ2n) is 4.00. The maximum Gasteiger partial charge on any atom is 0.366 e. The number of aliphatic hydroxyl groups excluding tert-OH is 1. The molecule has 1 N–H and O–H groups in total. The Kier molecular flexibility index (Phi) is 3.16. The second kappa shape index (κ2) is 4.29. The van der Waals surface area contributed by atoms with Gasteiger partial charge in [-0.1, -0.05) is 0 Å². The summed E-state index contributed by atoms with van der Waals surface area (Å²) < 4.78 is 20.9. The number of esters is 1. The van der Waals surface area contributed by atoms with E-state index < -0.39 is 24.0 Å². The zero-order chi connectivity index (χ0) is 11.8. The highest BCUT2D eigenvalue weighted by Crippen LogP contribution is 2.31. The molecular formula is C10H16O6. The summed E-state index contributed by atoms with van der Waals surface area (Å²) in [5.41, 5.74) is 0. The summed E-state index contributed by atoms with van der Waals surface area (Å²) in [5.74, 6) is -2.01. The van der Waals surface area contributed by atoms with E-state index in [0.29, 0.717) is 0 Å². The van der Waals surface area contributed by atoms with Crippen molar-refractivity contribution in [3.05, 3.63) is 0 Å². The van der Waals surface area contributed by atoms with Gasteiger partial charge >= 0.3 is 5.97 Å². The standard InChI is InChI=1S/C10H16O6/c1-3-13-9(12)10(2)15-5-7-8(16-10)6(11)4-14-7/h6-8,11H,3-5H2,1-2H3/t6-,7+,8+,10+/m0/s1. The van der Waals surface area contributed by atoms with E-state index in [0.717, 1.165) is 0 Å². The van der Waals surface area contributed by atoms with Crippen molar-refractivity contribution in [2.45, 2.75) is 37.9 Å². The van der Waals surface area contributed by atoms with E-state index in [-0.39, 0.29) is 25.9 Å². The molecule has 92 valence electrons. The molecule has 0 aliphatic carbocycles. The van der Waals surface area contributed by atoms with Gasteiger partial charge in [0.2, 0.25) is 0 Å². The van der Waals surface area contributed by atoms with Crippen molar-refractivity contribution < 1.29 is 28.8 Å². The Labute approximate surface area is 93.4 Å². The molecule has 6 heteroatoms. The van der Waals surface area contributed by atoms with Crippen LogP contribution in [0.2, 0.25) is 0 Å². The van der Waals surface area contributed by atoms with Gasteiger partial charge in [0.25, 0.3) is 5.79 Å². The Morgan fingerprint density at radius 1 is 1.56 bits per heavy atom. The number of aliphatic hydroxyl groups is 1. The van der Waals surface area contributed by atoms with Crippen LogP contribution >= 0.6 is 0 Å². The molecule has 0 unspecified atom stereocenters. The van der Waals surface area contributed by atoms with Crippen LogP contribution in [0.3, 0.4) is 0 Å². The molecule has 0 bridgehead atoms. The molecule has 0 aromatic carbocycles. The number of rotatable bonds is 2. The summed E-state index contributed by atoms with van der Waals surface area (Å²) in [6.07, 6.45) is -1.55. The van der Waals surface area contributed by atoms with Crippen LogP contribution in [0.5, 0.6) is 0 Å². The Balaban J connectivity index is 2.05. The van der Waals surface area contributed by atoms with Crippen LogP contribution in [-0.2, 0) is 23.7 Å². The first-order valence-electron chi connectivity index (χ1n) is 5.35. The van der Waals surface area contributed by atoms with Gasteiger partial charge in [0.1, 0.15) is 18.3 Å². The second-order valence-corrected chi connectivity index (χ2v) is 4.00. The van der Waals surface area contributed by atoms with Gasteiger partial charge in [0.05, 0.1) is 19.8 Å². The molecule has 0 amide bonds. The van der Waals surface area contributed by atoms with Crippen LogP contribution in [0.4, 0.5) is 0 Å². The highest BCUT2D eigenvalue weighted by Gasteiger charge is 2.51. The Morgan fingerprint density at radius 3 is 3.00 bits per heavy atom. The summed E-state index contributed by atoms with van der Waals surface area (Å²) in [6, 6.07) is 0. The van der Waals surface area contributed by atoms with Crippen molar-refractivity contribution in [2.75, 3.05) is 19.8 Å². The Bertz CT molecular complexity index is 280. The van der Waals surface area contributed by atoms with Gasteiger partial charge in [0.15, 0.2) is 0 Å². The number of carbonyl (C=O) groups excluding carboxylic acids is 1. The van der Waals surface area contributed by atoms with E-state index in [1.165, 1.54) is 6.92 Å². The lowest BCUT2D eigenvalue weighted by Crippen LogP contribution is -2.55. The minimum Gasteiger partial charge on any atom is -0.462 e. The average Bonchev–Trinajstić information content (AvgIpc) is 2.61. The topological polar surface area (TPSA) is 74.2 Å². The van der Waals surface area contributed by atoms with Gasteiger partial charge in [-0.15, -0.1) is 0 Å². The van der Waals surface area contributed by atoms with Crippen LogP contribution < -0.4 is 0 Å². The summed E-state index contributed by atoms with van der Waals surface area (Å²) >= 11 is 0. The molecule has 2 heterocycles. The van der Waals surface area contributed by atoms with Crippen molar-refractivity contribution >= 4 is 5.97 Å². The monoisotopic (exact) mass is 232 g/mol. The minimum absolute atomic E-state index is 0.206. The van der Waals surface area contributed by atoms with E-state index >= 15 is 0 Å². The van der Waals surface area contributed by atoms with E-state index in [4.69, 9.17) is 18.9 Å². The maximum absolute atomic E-state index is 11.6. The number of hydrogen-bond acceptors (Lipinski definition) is 6. The predicted octanol–water partition coefficient (Wildman–Crippen LogP) is -0.559. The number of fused-ring (bicyclic) bond motifs is 1. The first-order chi connectivity index (χ1) is 7.57. The molecule has 2 aliphatic rings. The first-order valence-corrected chi connectivity index (χ1v) is 5.35. The van der Waals surface area contributed by atoms with Crippen LogP contribution in [-0.4, -0.2) is 55.0 Å². The van der Waals surface area contributed by atoms with E-state index in [1.807, 2.05) is 0 Å². The van der Waals surface area contributed by atoms with Gasteiger partial charge in [-0.25, -0.2) is 4.79 Å². The van der Waals surface area contributed by atoms with Gasteiger partial charge < -0.3 is 24.1 Å². The summed E-state index contributed by atoms with van der Waals surface area (Å²) in [5, 5.41) is 9.61. The fraction of sp³-hybridized carbons (Fsp3) is 0.900. The van der Waals surface area contributed by atoms with Crippen molar-refractivity contribution in [1.29, 1.82) is 0 Å². The first kappa shape index (κ1) is 11.8. The normalized spacial score (nSPS) is 42.8. The van der Waals surface area contributed by atoms with Crippen molar-refractivity contribution in [3.63, 3.8) is 0 Å². The number of hydrogen-bond donors (Lipinski definition) is 1. The molecule has 6 nitrogen and oxygen atoms in total. The molecule has 2 saturated heterocycles. The van der Waals surface area contributed by atoms with Gasteiger partial charge in [-0.2, -0.15) is 0 Å². The summed E-state index contributed by atoms with van der Waals surface area (Å²) in [6.45, 7) is 3.88. The fourth-order valence-electron chi connectivity index (χ4n) is 1.86. The van der Waals surface area contributed by atoms with Crippen LogP contribution in [0, 0.1) is 0 Å². The SMILES string of the molecule is CCOC(=O)[C@]1(C)OC[C@H]2OC[C@H](O)[C@H]2O1. The van der Waals surface area contributed by atoms with Gasteiger partial charge in [0, 0.05) is 6.92 Å². The Hall–Kier alpha value is -0.690. The quantitative estimate of drug-likeness (QED) is 0.643. The lowest BCUT2D eigenvalue weighted by atomic mass is 10.1. The zero-order valence-corrected chi connectivity index (χ0v) is 9.34. The summed E-state index contributed by atoms with van der Waals surface area (Å²) in [4.78, 5) is 11.6. The van der Waals surface area contributed by atoms with Crippen molar-refractivity contribution in [1.82, 2.24) is 0 Å². The number of ether oxygens (including phenoxy) is 4. The molecule has 2 rings (SSSR count). The van der Waals surface area contributed by atoms with Crippen LogP contribution in [0.15, 0.2) is 0 Å². The van der Waals surface area contributed by atoms with E-state index in [1.54, 1.807) is 6.92 Å². The molecule has 2 aliphatic heterocycles. The number of carbonyl (C=O) groups is 1. The van der Waals surface area contributed by atoms with Gasteiger partial charge in [-0.3, -0.25) is 0 Å². The molecule has 0 spiro atoms.